The Kier molecular flexibility index (Phi) is 2.28. The predicted molar refractivity (Wildman–Crippen MR) is 80.1 cm³/mol. The third kappa shape index (κ3) is 1.40. The molecule has 92 valence electrons. The zero-order chi connectivity index (χ0) is 12.9. The number of hydrogen-bond donors (Lipinski definition) is 0. The Bertz CT molecular complexity index is 650. The van der Waals surface area contributed by atoms with E-state index in [4.69, 9.17) is 0 Å². The highest BCUT2D eigenvalue weighted by Gasteiger charge is 2.31. The Labute approximate surface area is 109 Å². The SMILES string of the molecule is CC1=Cc2c(ccc3ccccc23)N(C)C1(C)C. The number of nitrogens with zero attached hydrogens (tertiary/aromatic N) is 1. The van der Waals surface area contributed by atoms with Crippen LogP contribution in [-0.4, -0.2) is 12.6 Å². The van der Waals surface area contributed by atoms with Crippen LogP contribution in [-0.2, 0) is 0 Å². The van der Waals surface area contributed by atoms with Gasteiger partial charge in [-0.05, 0) is 43.2 Å². The summed E-state index contributed by atoms with van der Waals surface area (Å²) in [6.45, 7) is 6.77. The minimum absolute atomic E-state index is 0.0927. The third-order valence-corrected chi connectivity index (χ3v) is 4.47. The average molecular weight is 237 g/mol. The van der Waals surface area contributed by atoms with E-state index in [-0.39, 0.29) is 5.54 Å². The molecule has 3 rings (SSSR count). The van der Waals surface area contributed by atoms with Gasteiger partial charge in [-0.1, -0.05) is 36.4 Å². The van der Waals surface area contributed by atoms with E-state index >= 15 is 0 Å². The van der Waals surface area contributed by atoms with Gasteiger partial charge in [0.25, 0.3) is 0 Å². The first-order valence-corrected chi connectivity index (χ1v) is 6.46. The van der Waals surface area contributed by atoms with E-state index in [0.717, 1.165) is 0 Å². The summed E-state index contributed by atoms with van der Waals surface area (Å²) < 4.78 is 0. The van der Waals surface area contributed by atoms with Crippen molar-refractivity contribution in [3.8, 4) is 0 Å². The minimum atomic E-state index is 0.0927. The molecule has 18 heavy (non-hydrogen) atoms. The lowest BCUT2D eigenvalue weighted by atomic mass is 9.85. The predicted octanol–water partition coefficient (Wildman–Crippen LogP) is 4.47. The van der Waals surface area contributed by atoms with Crippen molar-refractivity contribution in [3.05, 3.63) is 47.5 Å². The van der Waals surface area contributed by atoms with Gasteiger partial charge < -0.3 is 4.90 Å². The monoisotopic (exact) mass is 237 g/mol. The zero-order valence-electron chi connectivity index (χ0n) is 11.5. The van der Waals surface area contributed by atoms with Gasteiger partial charge in [0, 0.05) is 18.3 Å². The summed E-state index contributed by atoms with van der Waals surface area (Å²) in [5, 5.41) is 2.66. The van der Waals surface area contributed by atoms with Gasteiger partial charge in [0.1, 0.15) is 0 Å². The second-order valence-corrected chi connectivity index (χ2v) is 5.66. The molecule has 0 N–H and O–H groups in total. The van der Waals surface area contributed by atoms with E-state index in [1.807, 2.05) is 0 Å². The first-order chi connectivity index (χ1) is 8.51. The van der Waals surface area contributed by atoms with Crippen LogP contribution in [0.5, 0.6) is 0 Å². The molecule has 1 aliphatic rings. The van der Waals surface area contributed by atoms with Crippen LogP contribution in [0.1, 0.15) is 26.3 Å². The fourth-order valence-corrected chi connectivity index (χ4v) is 2.69. The molecule has 2 aromatic rings. The molecule has 0 atom stereocenters. The van der Waals surface area contributed by atoms with Gasteiger partial charge in [-0.3, -0.25) is 0 Å². The van der Waals surface area contributed by atoms with Gasteiger partial charge in [-0.25, -0.2) is 0 Å². The second kappa shape index (κ2) is 3.61. The van der Waals surface area contributed by atoms with Crippen molar-refractivity contribution < 1.29 is 0 Å². The molecule has 0 unspecified atom stereocenters. The van der Waals surface area contributed by atoms with Crippen LogP contribution in [0, 0.1) is 0 Å². The van der Waals surface area contributed by atoms with Gasteiger partial charge in [-0.2, -0.15) is 0 Å². The Morgan fingerprint density at radius 1 is 1.00 bits per heavy atom. The van der Waals surface area contributed by atoms with E-state index < -0.39 is 0 Å². The van der Waals surface area contributed by atoms with Crippen LogP contribution in [0.25, 0.3) is 16.8 Å². The van der Waals surface area contributed by atoms with Crippen LogP contribution in [0.15, 0.2) is 42.0 Å². The summed E-state index contributed by atoms with van der Waals surface area (Å²) in [7, 11) is 2.18. The van der Waals surface area contributed by atoms with E-state index in [1.54, 1.807) is 0 Å². The number of hydrogen-bond acceptors (Lipinski definition) is 1. The van der Waals surface area contributed by atoms with Gasteiger partial charge in [0.2, 0.25) is 0 Å². The van der Waals surface area contributed by atoms with E-state index in [9.17, 15) is 0 Å². The zero-order valence-corrected chi connectivity index (χ0v) is 11.5. The molecule has 1 aliphatic heterocycles. The summed E-state index contributed by atoms with van der Waals surface area (Å²) in [6, 6.07) is 13.1. The summed E-state index contributed by atoms with van der Waals surface area (Å²) in [4.78, 5) is 2.38. The number of fused-ring (bicyclic) bond motifs is 3. The summed E-state index contributed by atoms with van der Waals surface area (Å²) >= 11 is 0. The topological polar surface area (TPSA) is 3.24 Å². The molecular formula is C17H19N. The van der Waals surface area contributed by atoms with Crippen molar-refractivity contribution in [1.82, 2.24) is 0 Å². The quantitative estimate of drug-likeness (QED) is 0.653. The Morgan fingerprint density at radius 3 is 2.50 bits per heavy atom. The highest BCUT2D eigenvalue weighted by Crippen LogP contribution is 2.40. The van der Waals surface area contributed by atoms with Crippen molar-refractivity contribution >= 4 is 22.5 Å². The minimum Gasteiger partial charge on any atom is -0.365 e. The smallest absolute Gasteiger partial charge is 0.0555 e. The van der Waals surface area contributed by atoms with Gasteiger partial charge in [0.05, 0.1) is 5.54 Å². The van der Waals surface area contributed by atoms with Gasteiger partial charge in [-0.15, -0.1) is 0 Å². The van der Waals surface area contributed by atoms with Gasteiger partial charge >= 0.3 is 0 Å². The molecule has 0 aliphatic carbocycles. The van der Waals surface area contributed by atoms with Crippen LogP contribution in [0.3, 0.4) is 0 Å². The summed E-state index contributed by atoms with van der Waals surface area (Å²) in [5.41, 5.74) is 4.18. The molecule has 0 saturated carbocycles. The van der Waals surface area contributed by atoms with Crippen molar-refractivity contribution in [2.75, 3.05) is 11.9 Å². The first-order valence-electron chi connectivity index (χ1n) is 6.46. The molecule has 0 radical (unpaired) electrons. The highest BCUT2D eigenvalue weighted by molar-refractivity contribution is 5.97. The van der Waals surface area contributed by atoms with Crippen LogP contribution in [0.4, 0.5) is 5.69 Å². The Balaban J connectivity index is 2.37. The molecule has 1 heterocycles. The lowest BCUT2D eigenvalue weighted by molar-refractivity contribution is 0.566. The van der Waals surface area contributed by atoms with E-state index in [1.165, 1.54) is 27.6 Å². The largest absolute Gasteiger partial charge is 0.365 e. The molecule has 2 aromatic carbocycles. The normalized spacial score (nSPS) is 17.6. The molecule has 0 aromatic heterocycles. The molecular weight excluding hydrogens is 218 g/mol. The summed E-state index contributed by atoms with van der Waals surface area (Å²) in [6.07, 6.45) is 2.34. The molecule has 0 amide bonds. The fraction of sp³-hybridized carbons (Fsp3) is 0.294. The van der Waals surface area contributed by atoms with Gasteiger partial charge in [0.15, 0.2) is 0 Å². The van der Waals surface area contributed by atoms with Crippen molar-refractivity contribution in [1.29, 1.82) is 0 Å². The average Bonchev–Trinajstić information content (AvgIpc) is 2.36. The molecule has 0 bridgehead atoms. The lowest BCUT2D eigenvalue weighted by Gasteiger charge is -2.42. The molecule has 1 nitrogen and oxygen atoms in total. The standard InChI is InChI=1S/C17H19N/c1-12-11-15-14-8-6-5-7-13(14)9-10-16(15)18(4)17(12,2)3/h5-11H,1-4H3. The van der Waals surface area contributed by atoms with E-state index in [0.29, 0.717) is 0 Å². The number of rotatable bonds is 0. The number of likely N-dealkylation sites (N-methyl/N-ethyl adjacent to an activating group) is 1. The van der Waals surface area contributed by atoms with Crippen molar-refractivity contribution in [3.63, 3.8) is 0 Å². The fourth-order valence-electron chi connectivity index (χ4n) is 2.69. The second-order valence-electron chi connectivity index (χ2n) is 5.66. The maximum Gasteiger partial charge on any atom is 0.0555 e. The number of benzene rings is 2. The third-order valence-electron chi connectivity index (χ3n) is 4.47. The maximum absolute atomic E-state index is 2.38. The lowest BCUT2D eigenvalue weighted by Crippen LogP contribution is -2.44. The maximum atomic E-state index is 2.38. The summed E-state index contributed by atoms with van der Waals surface area (Å²) in [5.74, 6) is 0. The molecule has 0 spiro atoms. The van der Waals surface area contributed by atoms with Crippen molar-refractivity contribution in [2.45, 2.75) is 26.3 Å². The molecule has 1 heteroatoms. The Hall–Kier alpha value is -1.76. The Morgan fingerprint density at radius 2 is 1.72 bits per heavy atom. The van der Waals surface area contributed by atoms with Crippen LogP contribution >= 0.6 is 0 Å². The highest BCUT2D eigenvalue weighted by atomic mass is 15.2. The van der Waals surface area contributed by atoms with E-state index in [2.05, 4.69) is 75.2 Å². The van der Waals surface area contributed by atoms with Crippen LogP contribution in [0.2, 0.25) is 0 Å². The van der Waals surface area contributed by atoms with Crippen LogP contribution < -0.4 is 4.90 Å². The molecule has 0 saturated heterocycles. The first kappa shape index (κ1) is 11.3. The van der Waals surface area contributed by atoms with Crippen molar-refractivity contribution in [2.24, 2.45) is 0 Å². The number of anilines is 1. The molecule has 0 fully saturated rings.